The SMILES string of the molecule is CC(C)c1cccc(CCn2cnc(C(F)(F)F)n2)c1. The summed E-state index contributed by atoms with van der Waals surface area (Å²) in [5.74, 6) is -0.661. The molecule has 3 nitrogen and oxygen atoms in total. The second-order valence-electron chi connectivity index (χ2n) is 4.98. The summed E-state index contributed by atoms with van der Waals surface area (Å²) in [4.78, 5) is 3.27. The first-order valence-electron chi connectivity index (χ1n) is 6.42. The second kappa shape index (κ2) is 5.64. The van der Waals surface area contributed by atoms with Gasteiger partial charge in [-0.3, -0.25) is 4.68 Å². The fraction of sp³-hybridized carbons (Fsp3) is 0.429. The van der Waals surface area contributed by atoms with Gasteiger partial charge >= 0.3 is 6.18 Å². The van der Waals surface area contributed by atoms with E-state index in [1.807, 2.05) is 18.2 Å². The smallest absolute Gasteiger partial charge is 0.252 e. The molecule has 6 heteroatoms. The largest absolute Gasteiger partial charge is 0.453 e. The van der Waals surface area contributed by atoms with Crippen molar-refractivity contribution in [3.63, 3.8) is 0 Å². The average molecular weight is 283 g/mol. The van der Waals surface area contributed by atoms with Crippen molar-refractivity contribution >= 4 is 0 Å². The summed E-state index contributed by atoms with van der Waals surface area (Å²) in [7, 11) is 0. The van der Waals surface area contributed by atoms with Gasteiger partial charge in [0, 0.05) is 6.54 Å². The minimum atomic E-state index is -4.48. The number of hydrogen-bond acceptors (Lipinski definition) is 2. The summed E-state index contributed by atoms with van der Waals surface area (Å²) in [6, 6.07) is 8.05. The molecule has 108 valence electrons. The van der Waals surface area contributed by atoms with Gasteiger partial charge in [0.05, 0.1) is 0 Å². The third-order valence-electron chi connectivity index (χ3n) is 3.04. The van der Waals surface area contributed by atoms with E-state index >= 15 is 0 Å². The number of nitrogens with zero attached hydrogens (tertiary/aromatic N) is 3. The topological polar surface area (TPSA) is 30.7 Å². The lowest BCUT2D eigenvalue weighted by Gasteiger charge is -2.08. The van der Waals surface area contributed by atoms with Crippen molar-refractivity contribution in [3.05, 3.63) is 47.5 Å². The normalized spacial score (nSPS) is 12.1. The maximum atomic E-state index is 12.4. The molecule has 0 saturated carbocycles. The first-order valence-corrected chi connectivity index (χ1v) is 6.42. The molecule has 0 N–H and O–H groups in total. The number of rotatable bonds is 4. The van der Waals surface area contributed by atoms with Crippen molar-refractivity contribution in [3.8, 4) is 0 Å². The molecule has 1 aromatic heterocycles. The molecule has 2 aromatic rings. The van der Waals surface area contributed by atoms with Crippen LogP contribution >= 0.6 is 0 Å². The molecule has 0 bridgehead atoms. The van der Waals surface area contributed by atoms with E-state index in [9.17, 15) is 13.2 Å². The summed E-state index contributed by atoms with van der Waals surface area (Å²) in [5.41, 5.74) is 2.30. The minimum absolute atomic E-state index is 0.380. The van der Waals surface area contributed by atoms with Crippen molar-refractivity contribution in [1.29, 1.82) is 0 Å². The Hall–Kier alpha value is -1.85. The van der Waals surface area contributed by atoms with Gasteiger partial charge in [0.1, 0.15) is 6.33 Å². The molecular weight excluding hydrogens is 267 g/mol. The van der Waals surface area contributed by atoms with E-state index in [2.05, 4.69) is 30.0 Å². The van der Waals surface area contributed by atoms with Crippen LogP contribution in [-0.2, 0) is 19.1 Å². The van der Waals surface area contributed by atoms with Gasteiger partial charge < -0.3 is 0 Å². The number of aryl methyl sites for hydroxylation is 2. The number of hydrogen-bond donors (Lipinski definition) is 0. The lowest BCUT2D eigenvalue weighted by Crippen LogP contribution is -2.09. The highest BCUT2D eigenvalue weighted by atomic mass is 19.4. The monoisotopic (exact) mass is 283 g/mol. The third-order valence-corrected chi connectivity index (χ3v) is 3.04. The van der Waals surface area contributed by atoms with E-state index in [-0.39, 0.29) is 0 Å². The Bertz CT molecular complexity index is 573. The second-order valence-corrected chi connectivity index (χ2v) is 4.98. The predicted molar refractivity (Wildman–Crippen MR) is 69.3 cm³/mol. The van der Waals surface area contributed by atoms with Crippen LogP contribution in [0.5, 0.6) is 0 Å². The zero-order valence-corrected chi connectivity index (χ0v) is 11.4. The molecule has 0 amide bonds. The first kappa shape index (κ1) is 14.6. The molecule has 0 aliphatic rings. The van der Waals surface area contributed by atoms with Crippen LogP contribution in [0.25, 0.3) is 0 Å². The molecule has 0 aliphatic heterocycles. The lowest BCUT2D eigenvalue weighted by atomic mass is 10.00. The van der Waals surface area contributed by atoms with Crippen molar-refractivity contribution in [2.45, 2.75) is 38.9 Å². The molecular formula is C14H16F3N3. The maximum Gasteiger partial charge on any atom is 0.453 e. The molecule has 0 unspecified atom stereocenters. The Morgan fingerprint density at radius 2 is 2.00 bits per heavy atom. The van der Waals surface area contributed by atoms with Crippen LogP contribution in [0.15, 0.2) is 30.6 Å². The Labute approximate surface area is 115 Å². The van der Waals surface area contributed by atoms with E-state index < -0.39 is 12.0 Å². The minimum Gasteiger partial charge on any atom is -0.252 e. The van der Waals surface area contributed by atoms with Crippen LogP contribution in [0, 0.1) is 0 Å². The molecule has 2 rings (SSSR count). The number of alkyl halides is 3. The molecule has 0 fully saturated rings. The molecule has 0 saturated heterocycles. The molecule has 1 heterocycles. The molecule has 1 aromatic carbocycles. The van der Waals surface area contributed by atoms with Gasteiger partial charge in [-0.05, 0) is 23.5 Å². The van der Waals surface area contributed by atoms with Crippen molar-refractivity contribution in [2.24, 2.45) is 0 Å². The number of benzene rings is 1. The van der Waals surface area contributed by atoms with E-state index in [1.165, 1.54) is 10.2 Å². The molecule has 20 heavy (non-hydrogen) atoms. The molecule has 0 radical (unpaired) electrons. The van der Waals surface area contributed by atoms with Crippen molar-refractivity contribution in [2.75, 3.05) is 0 Å². The lowest BCUT2D eigenvalue weighted by molar-refractivity contribution is -0.145. The third kappa shape index (κ3) is 3.59. The zero-order valence-electron chi connectivity index (χ0n) is 11.4. The summed E-state index contributed by atoms with van der Waals surface area (Å²) >= 11 is 0. The van der Waals surface area contributed by atoms with E-state index in [4.69, 9.17) is 0 Å². The van der Waals surface area contributed by atoms with Gasteiger partial charge in [-0.15, -0.1) is 5.10 Å². The van der Waals surface area contributed by atoms with Gasteiger partial charge in [0.2, 0.25) is 0 Å². The van der Waals surface area contributed by atoms with Crippen LogP contribution in [-0.4, -0.2) is 14.8 Å². The van der Waals surface area contributed by atoms with Gasteiger partial charge in [-0.2, -0.15) is 13.2 Å². The molecule has 0 spiro atoms. The van der Waals surface area contributed by atoms with E-state index in [0.717, 1.165) is 11.9 Å². The Balaban J connectivity index is 2.02. The van der Waals surface area contributed by atoms with Gasteiger partial charge in [0.15, 0.2) is 0 Å². The average Bonchev–Trinajstić information content (AvgIpc) is 2.85. The van der Waals surface area contributed by atoms with Crippen LogP contribution in [0.3, 0.4) is 0 Å². The van der Waals surface area contributed by atoms with Gasteiger partial charge in [-0.25, -0.2) is 4.98 Å². The Kier molecular flexibility index (Phi) is 4.11. The number of halogens is 3. The van der Waals surface area contributed by atoms with Crippen LogP contribution in [0.4, 0.5) is 13.2 Å². The maximum absolute atomic E-state index is 12.4. The fourth-order valence-electron chi connectivity index (χ4n) is 1.88. The Morgan fingerprint density at radius 3 is 2.60 bits per heavy atom. The highest BCUT2D eigenvalue weighted by molar-refractivity contribution is 5.25. The van der Waals surface area contributed by atoms with Gasteiger partial charge in [0.25, 0.3) is 5.82 Å². The quantitative estimate of drug-likeness (QED) is 0.857. The highest BCUT2D eigenvalue weighted by Gasteiger charge is 2.35. The highest BCUT2D eigenvalue weighted by Crippen LogP contribution is 2.25. The van der Waals surface area contributed by atoms with Crippen LogP contribution < -0.4 is 0 Å². The van der Waals surface area contributed by atoms with E-state index in [0.29, 0.717) is 18.9 Å². The summed E-state index contributed by atoms with van der Waals surface area (Å²) < 4.78 is 38.3. The summed E-state index contributed by atoms with van der Waals surface area (Å²) in [6.07, 6.45) is -2.74. The molecule has 0 atom stereocenters. The zero-order chi connectivity index (χ0) is 14.8. The van der Waals surface area contributed by atoms with Crippen LogP contribution in [0.2, 0.25) is 0 Å². The summed E-state index contributed by atoms with van der Waals surface area (Å²) in [6.45, 7) is 4.59. The first-order chi connectivity index (χ1) is 9.36. The van der Waals surface area contributed by atoms with Crippen LogP contribution in [0.1, 0.15) is 36.7 Å². The fourth-order valence-corrected chi connectivity index (χ4v) is 1.88. The van der Waals surface area contributed by atoms with Crippen molar-refractivity contribution in [1.82, 2.24) is 14.8 Å². The predicted octanol–water partition coefficient (Wildman–Crippen LogP) is 3.66. The standard InChI is InChI=1S/C14H16F3N3/c1-10(2)12-5-3-4-11(8-12)6-7-20-9-18-13(19-20)14(15,16)17/h3-5,8-10H,6-7H2,1-2H3. The molecule has 0 aliphatic carbocycles. The Morgan fingerprint density at radius 1 is 1.25 bits per heavy atom. The van der Waals surface area contributed by atoms with Crippen molar-refractivity contribution < 1.29 is 13.2 Å². The van der Waals surface area contributed by atoms with Gasteiger partial charge in [-0.1, -0.05) is 38.1 Å². The summed E-state index contributed by atoms with van der Waals surface area (Å²) in [5, 5.41) is 3.43. The number of aromatic nitrogens is 3. The van der Waals surface area contributed by atoms with E-state index in [1.54, 1.807) is 0 Å².